The van der Waals surface area contributed by atoms with Gasteiger partial charge in [0.1, 0.15) is 5.60 Å². The van der Waals surface area contributed by atoms with E-state index in [-0.39, 0.29) is 0 Å². The van der Waals surface area contributed by atoms with Crippen LogP contribution in [-0.4, -0.2) is 22.7 Å². The van der Waals surface area contributed by atoms with Gasteiger partial charge in [-0.25, -0.2) is 0 Å². The van der Waals surface area contributed by atoms with Gasteiger partial charge in [-0.3, -0.25) is 4.98 Å². The fraction of sp³-hybridized carbons (Fsp3) is 0.643. The van der Waals surface area contributed by atoms with Gasteiger partial charge >= 0.3 is 0 Å². The molecule has 3 heteroatoms. The number of nitrogens with zero attached hydrogens (tertiary/aromatic N) is 1. The van der Waals surface area contributed by atoms with E-state index in [1.807, 2.05) is 6.92 Å². The molecule has 0 radical (unpaired) electrons. The van der Waals surface area contributed by atoms with Gasteiger partial charge in [0.05, 0.1) is 5.69 Å². The second-order valence-corrected chi connectivity index (χ2v) is 5.47. The molecule has 1 aromatic heterocycles. The Labute approximate surface area is 103 Å². The molecule has 0 aliphatic heterocycles. The van der Waals surface area contributed by atoms with E-state index < -0.39 is 5.60 Å². The highest BCUT2D eigenvalue weighted by Crippen LogP contribution is 2.40. The molecule has 1 aliphatic rings. The Morgan fingerprint density at radius 2 is 2.18 bits per heavy atom. The molecule has 2 N–H and O–H groups in total. The van der Waals surface area contributed by atoms with E-state index in [1.165, 1.54) is 0 Å². The maximum absolute atomic E-state index is 10.1. The van der Waals surface area contributed by atoms with E-state index in [1.54, 1.807) is 13.8 Å². The number of aromatic nitrogens is 1. The van der Waals surface area contributed by atoms with Gasteiger partial charge in [-0.2, -0.15) is 0 Å². The summed E-state index contributed by atoms with van der Waals surface area (Å²) in [4.78, 5) is 4.65. The lowest BCUT2D eigenvalue weighted by molar-refractivity contribution is 0.0729. The van der Waals surface area contributed by atoms with Crippen LogP contribution in [0, 0.1) is 6.92 Å². The van der Waals surface area contributed by atoms with E-state index in [2.05, 4.69) is 29.4 Å². The largest absolute Gasteiger partial charge is 0.384 e. The molecule has 1 heterocycles. The zero-order valence-electron chi connectivity index (χ0n) is 11.1. The number of aryl methyl sites for hydroxylation is 1. The highest BCUT2D eigenvalue weighted by Gasteiger charge is 2.39. The van der Waals surface area contributed by atoms with Crippen LogP contribution in [0.1, 0.15) is 50.1 Å². The summed E-state index contributed by atoms with van der Waals surface area (Å²) in [7, 11) is 0. The van der Waals surface area contributed by atoms with Crippen molar-refractivity contribution in [3.63, 3.8) is 0 Å². The number of rotatable bonds is 4. The lowest BCUT2D eigenvalue weighted by Gasteiger charge is -2.20. The van der Waals surface area contributed by atoms with Crippen LogP contribution < -0.4 is 5.32 Å². The van der Waals surface area contributed by atoms with Crippen LogP contribution in [0.15, 0.2) is 12.1 Å². The topological polar surface area (TPSA) is 45.1 Å². The molecular formula is C14H22N2O. The van der Waals surface area contributed by atoms with E-state index in [0.29, 0.717) is 12.0 Å². The molecule has 1 fully saturated rings. The van der Waals surface area contributed by atoms with Gasteiger partial charge in [-0.15, -0.1) is 0 Å². The van der Waals surface area contributed by atoms with Gasteiger partial charge in [-0.05, 0) is 45.4 Å². The lowest BCUT2D eigenvalue weighted by atomic mass is 9.99. The average molecular weight is 234 g/mol. The third-order valence-corrected chi connectivity index (χ3v) is 3.33. The Hall–Kier alpha value is -0.930. The molecular weight excluding hydrogens is 212 g/mol. The zero-order valence-corrected chi connectivity index (χ0v) is 11.1. The molecule has 2 rings (SSSR count). The zero-order chi connectivity index (χ0) is 12.6. The summed E-state index contributed by atoms with van der Waals surface area (Å²) in [5.41, 5.74) is 2.11. The Bertz CT molecular complexity index is 409. The summed E-state index contributed by atoms with van der Waals surface area (Å²) in [5, 5.41) is 13.5. The Morgan fingerprint density at radius 3 is 2.76 bits per heavy atom. The quantitative estimate of drug-likeness (QED) is 0.838. The third-order valence-electron chi connectivity index (χ3n) is 3.33. The molecule has 0 saturated heterocycles. The third kappa shape index (κ3) is 2.67. The number of nitrogens with one attached hydrogen (secondary N) is 1. The smallest absolute Gasteiger partial charge is 0.101 e. The predicted octanol–water partition coefficient (Wildman–Crippen LogP) is 2.08. The number of hydrogen-bond acceptors (Lipinski definition) is 3. The van der Waals surface area contributed by atoms with Crippen molar-refractivity contribution in [2.24, 2.45) is 0 Å². The van der Waals surface area contributed by atoms with Crippen LogP contribution in [0.25, 0.3) is 0 Å². The first kappa shape index (κ1) is 12.5. The van der Waals surface area contributed by atoms with Crippen molar-refractivity contribution in [1.82, 2.24) is 10.3 Å². The van der Waals surface area contributed by atoms with Crippen LogP contribution in [0.3, 0.4) is 0 Å². The molecule has 0 spiro atoms. The Morgan fingerprint density at radius 1 is 1.47 bits per heavy atom. The minimum atomic E-state index is -0.858. The van der Waals surface area contributed by atoms with Crippen LogP contribution >= 0.6 is 0 Å². The van der Waals surface area contributed by atoms with Gasteiger partial charge in [0.15, 0.2) is 0 Å². The monoisotopic (exact) mass is 234 g/mol. The normalized spacial score (nSPS) is 23.8. The summed E-state index contributed by atoms with van der Waals surface area (Å²) < 4.78 is 0. The summed E-state index contributed by atoms with van der Waals surface area (Å²) in [6.45, 7) is 8.71. The second kappa shape index (κ2) is 4.39. The predicted molar refractivity (Wildman–Crippen MR) is 69.0 cm³/mol. The number of hydrogen-bond donors (Lipinski definition) is 2. The summed E-state index contributed by atoms with van der Waals surface area (Å²) in [6, 6.07) is 4.73. The van der Waals surface area contributed by atoms with Gasteiger partial charge in [0, 0.05) is 17.7 Å². The van der Waals surface area contributed by atoms with Crippen LogP contribution in [0.4, 0.5) is 0 Å². The van der Waals surface area contributed by atoms with Gasteiger partial charge in [-0.1, -0.05) is 13.0 Å². The van der Waals surface area contributed by atoms with Crippen LogP contribution in [0.5, 0.6) is 0 Å². The molecule has 0 bridgehead atoms. The molecule has 17 heavy (non-hydrogen) atoms. The molecule has 1 aliphatic carbocycles. The summed E-state index contributed by atoms with van der Waals surface area (Å²) >= 11 is 0. The van der Waals surface area contributed by atoms with Gasteiger partial charge in [0.2, 0.25) is 0 Å². The molecule has 2 atom stereocenters. The van der Waals surface area contributed by atoms with Gasteiger partial charge < -0.3 is 10.4 Å². The molecule has 0 aromatic carbocycles. The first-order valence-electron chi connectivity index (χ1n) is 6.37. The average Bonchev–Trinajstić information content (AvgIpc) is 2.97. The number of likely N-dealkylation sites (N-methyl/N-ethyl adjacent to an activating group) is 1. The summed E-state index contributed by atoms with van der Waals surface area (Å²) in [5.74, 6) is 0.525. The maximum Gasteiger partial charge on any atom is 0.101 e. The first-order chi connectivity index (χ1) is 7.93. The van der Waals surface area contributed by atoms with Crippen molar-refractivity contribution < 1.29 is 5.11 Å². The van der Waals surface area contributed by atoms with E-state index in [9.17, 15) is 5.11 Å². The van der Waals surface area contributed by atoms with Crippen molar-refractivity contribution in [2.45, 2.75) is 51.7 Å². The van der Waals surface area contributed by atoms with Crippen molar-refractivity contribution >= 4 is 0 Å². The number of pyridine rings is 1. The molecule has 3 nitrogen and oxygen atoms in total. The van der Waals surface area contributed by atoms with E-state index in [4.69, 9.17) is 0 Å². The molecule has 0 amide bonds. The standard InChI is InChI=1S/C14H22N2O/c1-5-15-12-8-10(12)11-7-6-9(2)13(16-11)14(3,4)17/h6-7,10,12,15,17H,5,8H2,1-4H3. The van der Waals surface area contributed by atoms with Gasteiger partial charge in [0.25, 0.3) is 0 Å². The minimum Gasteiger partial charge on any atom is -0.384 e. The minimum absolute atomic E-state index is 0.525. The van der Waals surface area contributed by atoms with Crippen LogP contribution in [0.2, 0.25) is 0 Å². The van der Waals surface area contributed by atoms with E-state index >= 15 is 0 Å². The lowest BCUT2D eigenvalue weighted by Crippen LogP contribution is -2.21. The van der Waals surface area contributed by atoms with E-state index in [0.717, 1.165) is 29.9 Å². The highest BCUT2D eigenvalue weighted by molar-refractivity contribution is 5.30. The number of aliphatic hydroxyl groups is 1. The highest BCUT2D eigenvalue weighted by atomic mass is 16.3. The van der Waals surface area contributed by atoms with Crippen molar-refractivity contribution in [3.05, 3.63) is 29.1 Å². The Balaban J connectivity index is 2.21. The molecule has 1 aromatic rings. The Kier molecular flexibility index (Phi) is 3.23. The molecule has 2 unspecified atom stereocenters. The maximum atomic E-state index is 10.1. The fourth-order valence-corrected chi connectivity index (χ4v) is 2.38. The second-order valence-electron chi connectivity index (χ2n) is 5.47. The van der Waals surface area contributed by atoms with Crippen LogP contribution in [-0.2, 0) is 5.60 Å². The molecule has 1 saturated carbocycles. The first-order valence-corrected chi connectivity index (χ1v) is 6.37. The van der Waals surface area contributed by atoms with Crippen molar-refractivity contribution in [3.8, 4) is 0 Å². The van der Waals surface area contributed by atoms with Crippen molar-refractivity contribution in [2.75, 3.05) is 6.54 Å². The molecule has 94 valence electrons. The summed E-state index contributed by atoms with van der Waals surface area (Å²) in [6.07, 6.45) is 1.16. The van der Waals surface area contributed by atoms with Crippen molar-refractivity contribution in [1.29, 1.82) is 0 Å². The fourth-order valence-electron chi connectivity index (χ4n) is 2.38. The SMILES string of the molecule is CCNC1CC1c1ccc(C)c(C(C)(C)O)n1.